The van der Waals surface area contributed by atoms with Crippen LogP contribution < -0.4 is 10.1 Å². The van der Waals surface area contributed by atoms with Crippen molar-refractivity contribution in [1.82, 2.24) is 20.2 Å². The van der Waals surface area contributed by atoms with Crippen molar-refractivity contribution in [3.05, 3.63) is 48.0 Å². The summed E-state index contributed by atoms with van der Waals surface area (Å²) in [6.07, 6.45) is 3.97. The van der Waals surface area contributed by atoms with E-state index in [0.29, 0.717) is 23.7 Å². The Morgan fingerprint density at radius 3 is 2.71 bits per heavy atom. The zero-order valence-corrected chi connectivity index (χ0v) is 20.4. The summed E-state index contributed by atoms with van der Waals surface area (Å²) < 4.78 is 42.7. The number of aromatic nitrogens is 2. The minimum Gasteiger partial charge on any atom is -0.496 e. The van der Waals surface area contributed by atoms with Crippen LogP contribution in [0.2, 0.25) is 0 Å². The zero-order chi connectivity index (χ0) is 24.6. The van der Waals surface area contributed by atoms with Crippen LogP contribution in [0, 0.1) is 5.82 Å². The number of benzene rings is 1. The molecular weight excluding hydrogens is 471 g/mol. The van der Waals surface area contributed by atoms with Crippen LogP contribution >= 0.6 is 0 Å². The van der Waals surface area contributed by atoms with Crippen molar-refractivity contribution in [2.45, 2.75) is 31.2 Å². The predicted molar refractivity (Wildman–Crippen MR) is 132 cm³/mol. The molecule has 2 N–H and O–H groups in total. The van der Waals surface area contributed by atoms with Gasteiger partial charge in [-0.25, -0.2) is 17.8 Å². The topological polar surface area (TPSA) is 104 Å². The second-order valence-electron chi connectivity index (χ2n) is 9.41. The molecule has 2 aliphatic heterocycles. The highest BCUT2D eigenvalue weighted by Gasteiger charge is 2.30. The number of piperidine rings is 1. The number of methoxy groups -OCH3 is 1. The van der Waals surface area contributed by atoms with Crippen molar-refractivity contribution in [3.8, 4) is 16.9 Å². The Bertz CT molecular complexity index is 1350. The molecule has 2 aliphatic rings. The van der Waals surface area contributed by atoms with E-state index < -0.39 is 9.84 Å². The maximum Gasteiger partial charge on any atom is 0.234 e. The fraction of sp³-hybridized carbons (Fsp3) is 0.440. The van der Waals surface area contributed by atoms with Gasteiger partial charge in [0, 0.05) is 34.8 Å². The predicted octanol–water partition coefficient (Wildman–Crippen LogP) is 2.86. The number of halogens is 1. The first kappa shape index (κ1) is 23.7. The number of likely N-dealkylation sites (tertiary alicyclic amines) is 1. The van der Waals surface area contributed by atoms with Crippen LogP contribution in [0.1, 0.15) is 30.9 Å². The Hall–Kier alpha value is -2.98. The third kappa shape index (κ3) is 5.18. The fourth-order valence-corrected chi connectivity index (χ4v) is 6.85. The van der Waals surface area contributed by atoms with Crippen molar-refractivity contribution in [1.29, 1.82) is 0 Å². The van der Waals surface area contributed by atoms with Crippen LogP contribution in [0.3, 0.4) is 0 Å². The lowest BCUT2D eigenvalue weighted by molar-refractivity contribution is -0.123. The van der Waals surface area contributed by atoms with Crippen molar-refractivity contribution in [2.75, 3.05) is 38.2 Å². The van der Waals surface area contributed by atoms with Gasteiger partial charge in [-0.3, -0.25) is 9.69 Å². The van der Waals surface area contributed by atoms with Crippen LogP contribution in [0.5, 0.6) is 5.75 Å². The molecule has 4 heterocycles. The summed E-state index contributed by atoms with van der Waals surface area (Å²) in [5, 5.41) is 3.78. The Morgan fingerprint density at radius 1 is 1.20 bits per heavy atom. The van der Waals surface area contributed by atoms with Gasteiger partial charge in [0.2, 0.25) is 5.91 Å². The van der Waals surface area contributed by atoms with Crippen LogP contribution in [-0.2, 0) is 14.6 Å². The lowest BCUT2D eigenvalue weighted by Crippen LogP contribution is -2.44. The number of nitrogens with zero attached hydrogens (tertiary/aromatic N) is 2. The van der Waals surface area contributed by atoms with E-state index in [0.717, 1.165) is 48.2 Å². The lowest BCUT2D eigenvalue weighted by atomic mass is 9.93. The number of sulfone groups is 1. The number of amides is 1. The maximum atomic E-state index is 14.0. The smallest absolute Gasteiger partial charge is 0.234 e. The summed E-state index contributed by atoms with van der Waals surface area (Å²) in [7, 11) is -1.44. The van der Waals surface area contributed by atoms with E-state index in [1.54, 1.807) is 19.4 Å². The molecule has 2 fully saturated rings. The molecule has 0 spiro atoms. The van der Waals surface area contributed by atoms with Crippen LogP contribution in [-0.4, -0.2) is 73.5 Å². The first-order valence-corrected chi connectivity index (χ1v) is 13.7. The number of aromatic amines is 1. The highest BCUT2D eigenvalue weighted by molar-refractivity contribution is 7.91. The highest BCUT2D eigenvalue weighted by atomic mass is 32.2. The average molecular weight is 501 g/mol. The van der Waals surface area contributed by atoms with Crippen molar-refractivity contribution in [3.63, 3.8) is 0 Å². The van der Waals surface area contributed by atoms with E-state index in [-0.39, 0.29) is 35.8 Å². The number of ether oxygens (including phenoxy) is 1. The van der Waals surface area contributed by atoms with Gasteiger partial charge in [-0.2, -0.15) is 0 Å². The number of carbonyl (C=O) groups excluding carboxylic acids is 1. The number of rotatable bonds is 6. The minimum atomic E-state index is -3.01. The number of H-pyrrole nitrogens is 1. The summed E-state index contributed by atoms with van der Waals surface area (Å²) in [5.41, 5.74) is 3.37. The van der Waals surface area contributed by atoms with Crippen LogP contribution in [0.4, 0.5) is 4.39 Å². The summed E-state index contributed by atoms with van der Waals surface area (Å²) in [4.78, 5) is 22.4. The molecule has 1 atom stereocenters. The highest BCUT2D eigenvalue weighted by Crippen LogP contribution is 2.37. The Kier molecular flexibility index (Phi) is 6.50. The molecule has 8 nitrogen and oxygen atoms in total. The number of hydrogen-bond acceptors (Lipinski definition) is 6. The molecule has 3 aromatic rings. The summed E-state index contributed by atoms with van der Waals surface area (Å²) >= 11 is 0. The number of fused-ring (bicyclic) bond motifs is 1. The molecule has 0 aliphatic carbocycles. The molecule has 1 amide bonds. The molecule has 0 radical (unpaired) electrons. The third-order valence-electron chi connectivity index (χ3n) is 7.00. The first-order valence-electron chi connectivity index (χ1n) is 11.8. The SMILES string of the molecule is COc1ccc(F)cc1-c1ccnc2[nH]c(C3CCN(CC(=O)NC4CCS(=O)(=O)C4)CC3)cc12. The average Bonchev–Trinajstić information content (AvgIpc) is 3.42. The quantitative estimate of drug-likeness (QED) is 0.539. The van der Waals surface area contributed by atoms with E-state index in [9.17, 15) is 17.6 Å². The number of nitrogens with one attached hydrogen (secondary N) is 2. The van der Waals surface area contributed by atoms with Crippen LogP contribution in [0.25, 0.3) is 22.2 Å². The summed E-state index contributed by atoms with van der Waals surface area (Å²) in [6, 6.07) is 8.18. The second-order valence-corrected chi connectivity index (χ2v) is 11.6. The fourth-order valence-electron chi connectivity index (χ4n) is 5.18. The monoisotopic (exact) mass is 500 g/mol. The van der Waals surface area contributed by atoms with Gasteiger partial charge in [0.15, 0.2) is 9.84 Å². The van der Waals surface area contributed by atoms with E-state index in [2.05, 4.69) is 26.3 Å². The first-order chi connectivity index (χ1) is 16.8. The summed E-state index contributed by atoms with van der Waals surface area (Å²) in [6.45, 7) is 1.82. The number of carbonyl (C=O) groups is 1. The zero-order valence-electron chi connectivity index (χ0n) is 19.6. The molecule has 1 aromatic carbocycles. The van der Waals surface area contributed by atoms with E-state index in [4.69, 9.17) is 4.74 Å². The normalized spacial score (nSPS) is 20.8. The van der Waals surface area contributed by atoms with Gasteiger partial charge in [-0.05, 0) is 68.2 Å². The van der Waals surface area contributed by atoms with Crippen LogP contribution in [0.15, 0.2) is 36.5 Å². The molecule has 10 heteroatoms. The van der Waals surface area contributed by atoms with Gasteiger partial charge in [0.25, 0.3) is 0 Å². The van der Waals surface area contributed by atoms with Crippen molar-refractivity contribution in [2.24, 2.45) is 0 Å². The molecule has 0 bridgehead atoms. The van der Waals surface area contributed by atoms with Gasteiger partial charge in [-0.1, -0.05) is 0 Å². The molecule has 1 unspecified atom stereocenters. The number of pyridine rings is 1. The van der Waals surface area contributed by atoms with Crippen molar-refractivity contribution >= 4 is 26.8 Å². The maximum absolute atomic E-state index is 14.0. The van der Waals surface area contributed by atoms with Gasteiger partial charge in [0.05, 0.1) is 25.2 Å². The van der Waals surface area contributed by atoms with Gasteiger partial charge >= 0.3 is 0 Å². The minimum absolute atomic E-state index is 0.0404. The Morgan fingerprint density at radius 2 is 2.00 bits per heavy atom. The Balaban J connectivity index is 1.25. The summed E-state index contributed by atoms with van der Waals surface area (Å²) in [5.74, 6) is 0.644. The lowest BCUT2D eigenvalue weighted by Gasteiger charge is -2.31. The van der Waals surface area contributed by atoms with E-state index in [1.807, 2.05) is 6.07 Å². The molecule has 2 saturated heterocycles. The van der Waals surface area contributed by atoms with Crippen molar-refractivity contribution < 1.29 is 22.3 Å². The molecule has 186 valence electrons. The molecular formula is C25H29FN4O4S. The van der Waals surface area contributed by atoms with Gasteiger partial charge in [0.1, 0.15) is 17.2 Å². The third-order valence-corrected chi connectivity index (χ3v) is 8.76. The molecule has 2 aromatic heterocycles. The molecule has 35 heavy (non-hydrogen) atoms. The van der Waals surface area contributed by atoms with Gasteiger partial charge in [-0.15, -0.1) is 0 Å². The van der Waals surface area contributed by atoms with E-state index in [1.165, 1.54) is 12.1 Å². The molecule has 5 rings (SSSR count). The second kappa shape index (κ2) is 9.58. The Labute approximate surface area is 203 Å². The van der Waals surface area contributed by atoms with E-state index >= 15 is 0 Å². The number of hydrogen-bond donors (Lipinski definition) is 2. The standard InChI is InChI=1S/C25H29FN4O4S/c1-34-23-3-2-17(26)12-20(23)19-4-8-27-25-21(19)13-22(29-25)16-5-9-30(10-6-16)14-24(31)28-18-7-11-35(32,33)15-18/h2-4,8,12-13,16,18H,5-7,9-11,14-15H2,1H3,(H,27,29)(H,28,31). The largest absolute Gasteiger partial charge is 0.496 e. The molecule has 0 saturated carbocycles. The van der Waals surface area contributed by atoms with Gasteiger partial charge < -0.3 is 15.0 Å².